The van der Waals surface area contributed by atoms with E-state index in [0.717, 1.165) is 12.0 Å². The quantitative estimate of drug-likeness (QED) is 0.585. The molecule has 1 rings (SSSR count). The number of benzene rings is 1. The van der Waals surface area contributed by atoms with Gasteiger partial charge in [-0.1, -0.05) is 18.2 Å². The molecule has 0 radical (unpaired) electrons. The second-order valence-electron chi connectivity index (χ2n) is 1.79. The lowest BCUT2D eigenvalue weighted by Crippen LogP contribution is -1.96. The van der Waals surface area contributed by atoms with Gasteiger partial charge in [0.2, 0.25) is 0 Å². The number of ether oxygens (including phenoxy) is 1. The monoisotopic (exact) mass is 136 g/mol. The molecule has 0 bridgehead atoms. The maximum Gasteiger partial charge on any atom is 0.157 e. The lowest BCUT2D eigenvalue weighted by molar-refractivity contribution is -0.109. The van der Waals surface area contributed by atoms with Crippen LogP contribution in [0.15, 0.2) is 30.3 Å². The van der Waals surface area contributed by atoms with Gasteiger partial charge in [0.25, 0.3) is 0 Å². The highest BCUT2D eigenvalue weighted by Gasteiger charge is 1.86. The van der Waals surface area contributed by atoms with Crippen LogP contribution in [0.1, 0.15) is 0 Å². The average molecular weight is 136 g/mol. The smallest absolute Gasteiger partial charge is 0.157 e. The fourth-order valence-electron chi connectivity index (χ4n) is 0.647. The van der Waals surface area contributed by atoms with Gasteiger partial charge in [0.05, 0.1) is 0 Å². The molecule has 0 aromatic heterocycles. The van der Waals surface area contributed by atoms with Gasteiger partial charge >= 0.3 is 0 Å². The zero-order valence-electron chi connectivity index (χ0n) is 5.49. The molecule has 0 spiro atoms. The third-order valence-corrected chi connectivity index (χ3v) is 1.06. The summed E-state index contributed by atoms with van der Waals surface area (Å²) >= 11 is 0. The van der Waals surface area contributed by atoms with E-state index in [1.165, 1.54) is 0 Å². The Morgan fingerprint density at radius 1 is 1.30 bits per heavy atom. The predicted octanol–water partition coefficient (Wildman–Crippen LogP) is 1.26. The Labute approximate surface area is 59.4 Å². The van der Waals surface area contributed by atoms with Crippen molar-refractivity contribution in [1.29, 1.82) is 0 Å². The molecule has 1 aromatic carbocycles. The first-order chi connectivity index (χ1) is 4.93. The van der Waals surface area contributed by atoms with E-state index in [-0.39, 0.29) is 6.61 Å². The van der Waals surface area contributed by atoms with Crippen molar-refractivity contribution in [2.24, 2.45) is 0 Å². The van der Waals surface area contributed by atoms with E-state index >= 15 is 0 Å². The zero-order valence-corrected chi connectivity index (χ0v) is 5.49. The largest absolute Gasteiger partial charge is 0.486 e. The van der Waals surface area contributed by atoms with E-state index in [9.17, 15) is 4.79 Å². The van der Waals surface area contributed by atoms with Gasteiger partial charge in [0, 0.05) is 0 Å². The van der Waals surface area contributed by atoms with Gasteiger partial charge in [-0.15, -0.1) is 0 Å². The third kappa shape index (κ3) is 1.90. The van der Waals surface area contributed by atoms with Crippen molar-refractivity contribution in [2.75, 3.05) is 6.61 Å². The first-order valence-electron chi connectivity index (χ1n) is 3.05. The van der Waals surface area contributed by atoms with Crippen LogP contribution in [0.5, 0.6) is 5.75 Å². The molecule has 2 nitrogen and oxygen atoms in total. The number of carbonyl (C=O) groups is 1. The number of aldehydes is 1. The van der Waals surface area contributed by atoms with Crippen LogP contribution in [0, 0.1) is 0 Å². The summed E-state index contributed by atoms with van der Waals surface area (Å²) in [5.74, 6) is 0.731. The molecule has 2 heteroatoms. The van der Waals surface area contributed by atoms with E-state index in [1.807, 2.05) is 30.3 Å². The molecule has 0 aliphatic heterocycles. The van der Waals surface area contributed by atoms with Gasteiger partial charge in [-0.3, -0.25) is 4.79 Å². The maximum atomic E-state index is 9.85. The molecule has 0 amide bonds. The normalized spacial score (nSPS) is 8.80. The molecule has 0 heterocycles. The van der Waals surface area contributed by atoms with Gasteiger partial charge in [-0.25, -0.2) is 0 Å². The Hall–Kier alpha value is -1.31. The number of hydrogen-bond donors (Lipinski definition) is 0. The summed E-state index contributed by atoms with van der Waals surface area (Å²) in [7, 11) is 0. The minimum atomic E-state index is 0.129. The molecule has 0 aliphatic rings. The Balaban J connectivity index is 2.50. The van der Waals surface area contributed by atoms with Crippen molar-refractivity contribution < 1.29 is 9.53 Å². The Kier molecular flexibility index (Phi) is 2.49. The van der Waals surface area contributed by atoms with Gasteiger partial charge in [0.15, 0.2) is 6.29 Å². The fourth-order valence-corrected chi connectivity index (χ4v) is 0.647. The Bertz CT molecular complexity index is 194. The summed E-state index contributed by atoms with van der Waals surface area (Å²) in [6.07, 6.45) is 0.729. The standard InChI is InChI=1S/C8H8O2/c9-6-7-10-8-4-2-1-3-5-8/h1-6H,7H2. The molecule has 0 aliphatic carbocycles. The molecule has 52 valence electrons. The lowest BCUT2D eigenvalue weighted by Gasteiger charge is -1.98. The van der Waals surface area contributed by atoms with Crippen LogP contribution < -0.4 is 4.74 Å². The second-order valence-corrected chi connectivity index (χ2v) is 1.79. The first kappa shape index (κ1) is 6.81. The number of hydrogen-bond acceptors (Lipinski definition) is 2. The summed E-state index contributed by atoms with van der Waals surface area (Å²) in [6.45, 7) is 0.129. The molecule has 0 fully saturated rings. The number of rotatable bonds is 3. The maximum absolute atomic E-state index is 9.85. The van der Waals surface area contributed by atoms with Crippen LogP contribution in [-0.2, 0) is 4.79 Å². The van der Waals surface area contributed by atoms with Gasteiger partial charge in [0.1, 0.15) is 12.4 Å². The van der Waals surface area contributed by atoms with E-state index in [0.29, 0.717) is 0 Å². The molecule has 0 atom stereocenters. The van der Waals surface area contributed by atoms with E-state index < -0.39 is 0 Å². The van der Waals surface area contributed by atoms with Gasteiger partial charge in [-0.05, 0) is 12.1 Å². The molecule has 0 unspecified atom stereocenters. The third-order valence-electron chi connectivity index (χ3n) is 1.06. The minimum absolute atomic E-state index is 0.129. The lowest BCUT2D eigenvalue weighted by atomic mass is 10.3. The SMILES string of the molecule is O=CCOc1ccccc1. The summed E-state index contributed by atoms with van der Waals surface area (Å²) in [4.78, 5) is 9.85. The van der Waals surface area contributed by atoms with Gasteiger partial charge < -0.3 is 4.74 Å². The van der Waals surface area contributed by atoms with Crippen molar-refractivity contribution in [3.8, 4) is 5.75 Å². The van der Waals surface area contributed by atoms with Gasteiger partial charge in [-0.2, -0.15) is 0 Å². The highest BCUT2D eigenvalue weighted by Crippen LogP contribution is 2.06. The number of para-hydroxylation sites is 1. The summed E-state index contributed by atoms with van der Waals surface area (Å²) in [5, 5.41) is 0. The minimum Gasteiger partial charge on any atom is -0.486 e. The van der Waals surface area contributed by atoms with Crippen LogP contribution >= 0.6 is 0 Å². The van der Waals surface area contributed by atoms with E-state index in [1.54, 1.807) is 0 Å². The summed E-state index contributed by atoms with van der Waals surface area (Å²) in [5.41, 5.74) is 0. The van der Waals surface area contributed by atoms with E-state index in [4.69, 9.17) is 4.74 Å². The molecule has 1 aromatic rings. The first-order valence-corrected chi connectivity index (χ1v) is 3.05. The second kappa shape index (κ2) is 3.67. The highest BCUT2D eigenvalue weighted by molar-refractivity contribution is 5.51. The van der Waals surface area contributed by atoms with Crippen LogP contribution in [0.3, 0.4) is 0 Å². The molecule has 10 heavy (non-hydrogen) atoms. The molecular formula is C8H8O2. The Morgan fingerprint density at radius 2 is 2.00 bits per heavy atom. The van der Waals surface area contributed by atoms with Crippen LogP contribution in [0.4, 0.5) is 0 Å². The fraction of sp³-hybridized carbons (Fsp3) is 0.125. The topological polar surface area (TPSA) is 26.3 Å². The Morgan fingerprint density at radius 3 is 2.60 bits per heavy atom. The molecule has 0 saturated heterocycles. The highest BCUT2D eigenvalue weighted by atomic mass is 16.5. The van der Waals surface area contributed by atoms with Crippen LogP contribution in [0.25, 0.3) is 0 Å². The molecular weight excluding hydrogens is 128 g/mol. The van der Waals surface area contributed by atoms with Crippen molar-refractivity contribution in [3.63, 3.8) is 0 Å². The van der Waals surface area contributed by atoms with E-state index in [2.05, 4.69) is 0 Å². The van der Waals surface area contributed by atoms with Crippen LogP contribution in [-0.4, -0.2) is 12.9 Å². The number of carbonyl (C=O) groups excluding carboxylic acids is 1. The summed E-state index contributed by atoms with van der Waals surface area (Å²) < 4.78 is 4.99. The van der Waals surface area contributed by atoms with Crippen molar-refractivity contribution >= 4 is 6.29 Å². The average Bonchev–Trinajstić information content (AvgIpc) is 2.03. The van der Waals surface area contributed by atoms with Crippen LogP contribution in [0.2, 0.25) is 0 Å². The molecule has 0 saturated carbocycles. The van der Waals surface area contributed by atoms with Crippen molar-refractivity contribution in [3.05, 3.63) is 30.3 Å². The van der Waals surface area contributed by atoms with Crippen molar-refractivity contribution in [1.82, 2.24) is 0 Å². The zero-order chi connectivity index (χ0) is 7.23. The predicted molar refractivity (Wildman–Crippen MR) is 38.0 cm³/mol. The summed E-state index contributed by atoms with van der Waals surface area (Å²) in [6, 6.07) is 9.24. The van der Waals surface area contributed by atoms with Crippen molar-refractivity contribution in [2.45, 2.75) is 0 Å². The molecule has 0 N–H and O–H groups in total.